The highest BCUT2D eigenvalue weighted by Crippen LogP contribution is 2.33. The Labute approximate surface area is 80.7 Å². The Bertz CT molecular complexity index is 432. The average Bonchev–Trinajstić information content (AvgIpc) is 2.05. The van der Waals surface area contributed by atoms with Gasteiger partial charge in [-0.05, 0) is 0 Å². The lowest BCUT2D eigenvalue weighted by Gasteiger charge is -2.09. The van der Waals surface area contributed by atoms with Crippen LogP contribution in [0.4, 0.5) is 23.2 Å². The second-order valence-corrected chi connectivity index (χ2v) is 2.31. The van der Waals surface area contributed by atoms with Crippen LogP contribution >= 0.6 is 0 Å². The maximum absolute atomic E-state index is 12.9. The second-order valence-electron chi connectivity index (χ2n) is 2.31. The summed E-state index contributed by atoms with van der Waals surface area (Å²) in [4.78, 5) is 2.72. The molecule has 0 saturated carbocycles. The average molecular weight is 213 g/mol. The zero-order chi connectivity index (χ0) is 13.4. The molecule has 0 aliphatic rings. The van der Waals surface area contributed by atoms with Gasteiger partial charge in [-0.1, -0.05) is 0 Å². The molecule has 0 fully saturated rings. The molecule has 3 nitrogen and oxygen atoms in total. The predicted octanol–water partition coefficient (Wildman–Crippen LogP) is 1.83. The van der Waals surface area contributed by atoms with E-state index < -0.39 is 36.3 Å². The van der Waals surface area contributed by atoms with Crippen molar-refractivity contribution in [3.63, 3.8) is 0 Å². The van der Waals surface area contributed by atoms with Crippen molar-refractivity contribution in [2.45, 2.75) is 6.18 Å². The molecule has 14 heavy (non-hydrogen) atoms. The van der Waals surface area contributed by atoms with Gasteiger partial charge in [0, 0.05) is 6.07 Å². The lowest BCUT2D eigenvalue weighted by molar-refractivity contribution is -0.143. The summed E-state index contributed by atoms with van der Waals surface area (Å²) >= 11 is 0. The maximum Gasteiger partial charge on any atom is 0.436 e. The van der Waals surface area contributed by atoms with Crippen LogP contribution in [0.25, 0.3) is 0 Å². The van der Waals surface area contributed by atoms with Crippen molar-refractivity contribution in [1.29, 1.82) is 0 Å². The number of pyridine rings is 1. The Balaban J connectivity index is 3.25. The van der Waals surface area contributed by atoms with Gasteiger partial charge in [0.2, 0.25) is 5.88 Å². The number of alkyl halides is 3. The third-order valence-electron chi connectivity index (χ3n) is 1.33. The molecule has 0 atom stereocenters. The van der Waals surface area contributed by atoms with Gasteiger partial charge < -0.3 is 10.5 Å². The molecule has 1 aromatic rings. The fourth-order valence-electron chi connectivity index (χ4n) is 0.767. The fourth-order valence-corrected chi connectivity index (χ4v) is 0.767. The second kappa shape index (κ2) is 3.32. The third-order valence-corrected chi connectivity index (χ3v) is 1.33. The van der Waals surface area contributed by atoms with E-state index in [2.05, 4.69) is 9.72 Å². The number of aromatic nitrogens is 1. The van der Waals surface area contributed by atoms with Crippen molar-refractivity contribution < 1.29 is 26.4 Å². The smallest absolute Gasteiger partial charge is 0.436 e. The van der Waals surface area contributed by atoms with Gasteiger partial charge in [0.05, 0.1) is 16.8 Å². The number of hydrogen-bond acceptors (Lipinski definition) is 3. The number of methoxy groups -OCH3 is 1. The molecule has 0 aliphatic carbocycles. The van der Waals surface area contributed by atoms with Crippen LogP contribution in [0.3, 0.4) is 0 Å². The molecule has 0 spiro atoms. The molecule has 0 aromatic carbocycles. The number of nitrogen functional groups attached to an aromatic ring is 1. The van der Waals surface area contributed by atoms with Crippen LogP contribution in [0.5, 0.6) is 5.88 Å². The summed E-state index contributed by atoms with van der Waals surface area (Å²) in [6.07, 6.45) is -5.06. The topological polar surface area (TPSA) is 48.1 Å². The van der Waals surface area contributed by atoms with E-state index in [9.17, 15) is 17.6 Å². The zero-order valence-electron chi connectivity index (χ0n) is 9.52. The van der Waals surface area contributed by atoms with Crippen LogP contribution in [0.15, 0.2) is 6.07 Å². The Kier molecular flexibility index (Phi) is 1.62. The van der Waals surface area contributed by atoms with Gasteiger partial charge in [0.25, 0.3) is 0 Å². The van der Waals surface area contributed by atoms with E-state index in [4.69, 9.17) is 9.85 Å². The highest BCUT2D eigenvalue weighted by atomic mass is 19.4. The van der Waals surface area contributed by atoms with Gasteiger partial charge in [0.1, 0.15) is 0 Å². The van der Waals surface area contributed by atoms with Crippen LogP contribution in [-0.4, -0.2) is 12.0 Å². The van der Waals surface area contributed by atoms with Crippen molar-refractivity contribution in [1.82, 2.24) is 4.98 Å². The van der Waals surface area contributed by atoms with Crippen LogP contribution < -0.4 is 10.5 Å². The summed E-state index contributed by atoms with van der Waals surface area (Å²) in [7, 11) is -3.03. The van der Waals surface area contributed by atoms with E-state index in [1.165, 1.54) is 0 Å². The largest absolute Gasteiger partial charge is 0.480 e. The molecule has 7 heteroatoms. The molecule has 1 rings (SSSR count). The highest BCUT2D eigenvalue weighted by Gasteiger charge is 2.37. The van der Waals surface area contributed by atoms with E-state index in [1.807, 2.05) is 0 Å². The monoisotopic (exact) mass is 213 g/mol. The number of nitrogens with two attached hydrogens (primary N) is 1. The van der Waals surface area contributed by atoms with Crippen molar-refractivity contribution in [2.75, 3.05) is 12.8 Å². The molecule has 78 valence electrons. The summed E-state index contributed by atoms with van der Waals surface area (Å²) in [5.74, 6) is -2.69. The fraction of sp³-hybridized carbons (Fsp3) is 0.286. The molecule has 1 aromatic heterocycles. The van der Waals surface area contributed by atoms with Crippen molar-refractivity contribution >= 4 is 5.69 Å². The first-order chi connectivity index (χ1) is 7.50. The van der Waals surface area contributed by atoms with Crippen molar-refractivity contribution in [3.05, 3.63) is 17.6 Å². The SMILES string of the molecule is [2H]C([2H])([2H])Oc1nc(C(F)(F)F)c(F)cc1N. The molecule has 2 N–H and O–H groups in total. The van der Waals surface area contributed by atoms with Crippen LogP contribution in [0.1, 0.15) is 9.81 Å². The first-order valence-corrected chi connectivity index (χ1v) is 3.23. The molecular weight excluding hydrogens is 204 g/mol. The molecule has 0 unspecified atom stereocenters. The highest BCUT2D eigenvalue weighted by molar-refractivity contribution is 5.49. The summed E-state index contributed by atoms with van der Waals surface area (Å²) in [6.45, 7) is 0. The Morgan fingerprint density at radius 3 is 2.71 bits per heavy atom. The van der Waals surface area contributed by atoms with E-state index in [1.54, 1.807) is 0 Å². The minimum Gasteiger partial charge on any atom is -0.480 e. The minimum atomic E-state index is -5.06. The first-order valence-electron chi connectivity index (χ1n) is 4.73. The quantitative estimate of drug-likeness (QED) is 0.724. The zero-order valence-corrected chi connectivity index (χ0v) is 6.52. The summed E-state index contributed by atoms with van der Waals surface area (Å²) in [5.41, 5.74) is 2.58. The van der Waals surface area contributed by atoms with Crippen LogP contribution in [0.2, 0.25) is 0 Å². The normalized spacial score (nSPS) is 15.6. The predicted molar refractivity (Wildman–Crippen MR) is 40.2 cm³/mol. The number of anilines is 1. The van der Waals surface area contributed by atoms with Crippen LogP contribution in [0, 0.1) is 5.82 Å². The molecular formula is C7H6F4N2O. The molecule has 1 heterocycles. The van der Waals surface area contributed by atoms with E-state index in [0.29, 0.717) is 6.07 Å². The van der Waals surface area contributed by atoms with Gasteiger partial charge in [-0.25, -0.2) is 9.37 Å². The molecule has 0 aliphatic heterocycles. The van der Waals surface area contributed by atoms with E-state index in [0.717, 1.165) is 0 Å². The molecule has 0 saturated heterocycles. The lowest BCUT2D eigenvalue weighted by atomic mass is 10.3. The molecule has 0 radical (unpaired) electrons. The standard InChI is InChI=1S/C7H6F4N2O/c1-14-6-4(12)2-3(8)5(13-6)7(9,10)11/h2H,12H2,1H3/i1D3. The van der Waals surface area contributed by atoms with Gasteiger partial charge in [-0.15, -0.1) is 0 Å². The Hall–Kier alpha value is -1.53. The Morgan fingerprint density at radius 1 is 1.57 bits per heavy atom. The summed E-state index contributed by atoms with van der Waals surface area (Å²) < 4.78 is 73.8. The molecule has 0 amide bonds. The van der Waals surface area contributed by atoms with Gasteiger partial charge in [-0.2, -0.15) is 13.2 Å². The van der Waals surface area contributed by atoms with E-state index in [-0.39, 0.29) is 0 Å². The number of halogens is 4. The van der Waals surface area contributed by atoms with E-state index >= 15 is 0 Å². The molecule has 0 bridgehead atoms. The minimum absolute atomic E-state index is 0.302. The van der Waals surface area contributed by atoms with Gasteiger partial charge in [-0.3, -0.25) is 0 Å². The number of rotatable bonds is 1. The summed E-state index contributed by atoms with van der Waals surface area (Å²) in [5, 5.41) is 0. The number of nitrogens with zero attached hydrogens (tertiary/aromatic N) is 1. The number of hydrogen-bond donors (Lipinski definition) is 1. The first kappa shape index (κ1) is 6.86. The van der Waals surface area contributed by atoms with Gasteiger partial charge >= 0.3 is 6.18 Å². The van der Waals surface area contributed by atoms with Crippen molar-refractivity contribution in [3.8, 4) is 5.88 Å². The van der Waals surface area contributed by atoms with Crippen LogP contribution in [-0.2, 0) is 6.18 Å². The number of ether oxygens (including phenoxy) is 1. The summed E-state index contributed by atoms with van der Waals surface area (Å²) in [6, 6.07) is 0.302. The van der Waals surface area contributed by atoms with Gasteiger partial charge in [0.15, 0.2) is 11.5 Å². The lowest BCUT2D eigenvalue weighted by Crippen LogP contribution is -2.12. The Morgan fingerprint density at radius 2 is 2.21 bits per heavy atom. The van der Waals surface area contributed by atoms with Crippen molar-refractivity contribution in [2.24, 2.45) is 0 Å². The third kappa shape index (κ3) is 1.86. The maximum atomic E-state index is 12.9.